The molecule has 2 saturated heterocycles. The van der Waals surface area contributed by atoms with Crippen LogP contribution in [0.2, 0.25) is 0 Å². The van der Waals surface area contributed by atoms with Crippen LogP contribution in [0.15, 0.2) is 113 Å². The molecule has 4 aliphatic heterocycles. The zero-order chi connectivity index (χ0) is 67.0. The summed E-state index contributed by atoms with van der Waals surface area (Å²) < 4.78 is 58.5. The number of hydrogen-bond acceptors (Lipinski definition) is 16. The monoisotopic (exact) mass is 1290 g/mol. The summed E-state index contributed by atoms with van der Waals surface area (Å²) in [5.41, 5.74) is 5.64. The van der Waals surface area contributed by atoms with Crippen LogP contribution in [0.5, 0.6) is 0 Å². The Kier molecular flexibility index (Phi) is 20.0. The van der Waals surface area contributed by atoms with Crippen LogP contribution in [0.25, 0.3) is 6.08 Å². The highest BCUT2D eigenvalue weighted by molar-refractivity contribution is 7.90. The van der Waals surface area contributed by atoms with E-state index in [-0.39, 0.29) is 66.0 Å². The SMILES string of the molecule is CC(C)(C)/C=C/c1ccc(CC2CC[C@@H]3CN(c4nc(C(C)(C)C)ccc4C(=O)NS(=O)(=O)c4cccc(n4)N2)C(C)(C)C3)nc1.CC(C)(C)CCc1ccc(CC2CC[C@@H]3CN(c4nc(C(C)(C)C)ccc4C(=O)NS(=O)(=O)c4cccc(n4)N2)C(C)(C)C3)nc1. The fourth-order valence-corrected chi connectivity index (χ4v) is 14.5. The van der Waals surface area contributed by atoms with Crippen molar-refractivity contribution in [3.8, 4) is 0 Å². The Hall–Kier alpha value is -7.32. The lowest BCUT2D eigenvalue weighted by Crippen LogP contribution is -2.41. The average molecular weight is 1290 g/mol. The first kappa shape index (κ1) is 69.0. The van der Waals surface area contributed by atoms with E-state index in [1.165, 1.54) is 17.7 Å². The van der Waals surface area contributed by atoms with Gasteiger partial charge < -0.3 is 20.4 Å². The molecule has 10 heterocycles. The molecule has 2 fully saturated rings. The van der Waals surface area contributed by atoms with Crippen molar-refractivity contribution in [3.05, 3.63) is 148 Å². The van der Waals surface area contributed by atoms with Crippen LogP contribution in [0, 0.1) is 22.7 Å². The fourth-order valence-electron chi connectivity index (χ4n) is 12.6. The van der Waals surface area contributed by atoms with Crippen molar-refractivity contribution < 1.29 is 26.4 Å². The maximum absolute atomic E-state index is 13.7. The van der Waals surface area contributed by atoms with Gasteiger partial charge in [-0.2, -0.15) is 16.8 Å². The Balaban J connectivity index is 0.000000217. The van der Waals surface area contributed by atoms with E-state index in [4.69, 9.17) is 19.9 Å². The van der Waals surface area contributed by atoms with Gasteiger partial charge in [0.25, 0.3) is 31.9 Å². The largest absolute Gasteiger partial charge is 0.367 e. The molecule has 0 aliphatic carbocycles. The third kappa shape index (κ3) is 17.7. The molecular formula is C72H98N12O6S2. The second kappa shape index (κ2) is 26.6. The number of aryl methyl sites for hydroxylation is 1. The molecule has 0 radical (unpaired) electrons. The minimum Gasteiger partial charge on any atom is -0.367 e. The van der Waals surface area contributed by atoms with Crippen LogP contribution in [0.1, 0.15) is 210 Å². The maximum atomic E-state index is 13.7. The Bertz CT molecular complexity index is 3900. The van der Waals surface area contributed by atoms with Gasteiger partial charge in [0, 0.05) is 95.1 Å². The van der Waals surface area contributed by atoms with Crippen molar-refractivity contribution in [2.75, 3.05) is 33.5 Å². The van der Waals surface area contributed by atoms with Gasteiger partial charge in [0.2, 0.25) is 0 Å². The van der Waals surface area contributed by atoms with Gasteiger partial charge >= 0.3 is 0 Å². The van der Waals surface area contributed by atoms with Crippen molar-refractivity contribution in [2.45, 2.75) is 219 Å². The van der Waals surface area contributed by atoms with E-state index in [2.05, 4.69) is 187 Å². The lowest BCUT2D eigenvalue weighted by Gasteiger charge is -2.34. The van der Waals surface area contributed by atoms with Gasteiger partial charge in [0.05, 0.1) is 11.1 Å². The molecule has 494 valence electrons. The number of pyridine rings is 6. The highest BCUT2D eigenvalue weighted by Gasteiger charge is 2.44. The van der Waals surface area contributed by atoms with E-state index in [0.717, 1.165) is 86.3 Å². The molecule has 20 heteroatoms. The number of carbonyl (C=O) groups is 2. The van der Waals surface area contributed by atoms with Gasteiger partial charge in [0.15, 0.2) is 10.1 Å². The molecule has 6 aromatic rings. The van der Waals surface area contributed by atoms with E-state index in [0.29, 0.717) is 54.5 Å². The number of aromatic nitrogens is 6. The molecule has 10 rings (SSSR count). The van der Waals surface area contributed by atoms with E-state index < -0.39 is 31.9 Å². The molecule has 4 atom stereocenters. The van der Waals surface area contributed by atoms with Gasteiger partial charge in [-0.25, -0.2) is 29.4 Å². The third-order valence-corrected chi connectivity index (χ3v) is 20.3. The van der Waals surface area contributed by atoms with Gasteiger partial charge in [-0.15, -0.1) is 0 Å². The van der Waals surface area contributed by atoms with E-state index in [9.17, 15) is 26.4 Å². The summed E-state index contributed by atoms with van der Waals surface area (Å²) >= 11 is 0. The molecule has 0 spiro atoms. The lowest BCUT2D eigenvalue weighted by molar-refractivity contribution is 0.0972. The highest BCUT2D eigenvalue weighted by Crippen LogP contribution is 2.43. The van der Waals surface area contributed by atoms with Crippen LogP contribution in [-0.4, -0.2) is 94.8 Å². The van der Waals surface area contributed by atoms with Gasteiger partial charge in [-0.05, 0) is 174 Å². The van der Waals surface area contributed by atoms with Crippen LogP contribution in [-0.2, 0) is 50.1 Å². The summed E-state index contributed by atoms with van der Waals surface area (Å²) in [6.07, 6.45) is 17.0. The molecule has 8 bridgehead atoms. The van der Waals surface area contributed by atoms with Crippen molar-refractivity contribution in [3.63, 3.8) is 0 Å². The summed E-state index contributed by atoms with van der Waals surface area (Å²) in [6.45, 7) is 35.8. The number of fused-ring (bicyclic) bond motifs is 12. The van der Waals surface area contributed by atoms with Gasteiger partial charge in [-0.1, -0.05) is 120 Å². The smallest absolute Gasteiger partial charge is 0.281 e. The minimum absolute atomic E-state index is 0.0202. The lowest BCUT2D eigenvalue weighted by atomic mass is 9.89. The first-order valence-electron chi connectivity index (χ1n) is 32.6. The topological polar surface area (TPSA) is 234 Å². The summed E-state index contributed by atoms with van der Waals surface area (Å²) in [6, 6.07) is 25.0. The number of allylic oxidation sites excluding steroid dienone is 1. The number of nitrogens with zero attached hydrogens (tertiary/aromatic N) is 8. The third-order valence-electron chi connectivity index (χ3n) is 17.8. The number of hydrogen-bond donors (Lipinski definition) is 4. The zero-order valence-electron chi connectivity index (χ0n) is 57.0. The molecule has 2 unspecified atom stereocenters. The summed E-state index contributed by atoms with van der Waals surface area (Å²) in [7, 11) is -8.52. The first-order chi connectivity index (χ1) is 42.8. The normalized spacial score (nSPS) is 21.5. The van der Waals surface area contributed by atoms with Crippen LogP contribution in [0.4, 0.5) is 23.3 Å². The second-order valence-corrected chi connectivity index (χ2v) is 34.7. The standard InChI is InChI=1S/C36H50N6O3S.C36H48N6O3S/c2*1-34(2,3)19-18-24-12-14-26(37-22-24)20-27-15-13-25-21-36(7,8)42(23-25)32-28(16-17-29(39-32)35(4,5)6)33(43)41-46(44,45)31-11-9-10-30(38-27)40-31/h9-12,14,16-17,22,25,27H,13,15,18-21,23H2,1-8H3,(H,38,40)(H,41,43);9-12,14,16-19,22,25,27H,13,15,20-21,23H2,1-8H3,(H,38,40)(H,41,43)/b;19-18+/t2*25-,27?/m00/s1. The van der Waals surface area contributed by atoms with Crippen molar-refractivity contribution >= 4 is 61.2 Å². The Morgan fingerprint density at radius 2 is 0.989 bits per heavy atom. The predicted octanol–water partition coefficient (Wildman–Crippen LogP) is 13.5. The number of carbonyl (C=O) groups excluding carboxylic acids is 2. The molecule has 4 aliphatic rings. The van der Waals surface area contributed by atoms with Crippen molar-refractivity contribution in [1.29, 1.82) is 0 Å². The zero-order valence-corrected chi connectivity index (χ0v) is 58.7. The Labute approximate surface area is 547 Å². The Morgan fingerprint density at radius 1 is 0.543 bits per heavy atom. The average Bonchev–Trinajstić information content (AvgIpc) is 1.58. The fraction of sp³-hybridized carbons (Fsp3) is 0.528. The van der Waals surface area contributed by atoms with E-state index in [1.807, 2.05) is 24.5 Å². The molecular weight excluding hydrogens is 1190 g/mol. The molecule has 0 aromatic carbocycles. The predicted molar refractivity (Wildman–Crippen MR) is 368 cm³/mol. The number of rotatable bonds is 7. The molecule has 18 nitrogen and oxygen atoms in total. The maximum Gasteiger partial charge on any atom is 0.281 e. The summed E-state index contributed by atoms with van der Waals surface area (Å²) in [5, 5.41) is 6.56. The van der Waals surface area contributed by atoms with Crippen LogP contribution in [0.3, 0.4) is 0 Å². The molecule has 92 heavy (non-hydrogen) atoms. The van der Waals surface area contributed by atoms with Crippen LogP contribution >= 0.6 is 0 Å². The first-order valence-corrected chi connectivity index (χ1v) is 35.5. The highest BCUT2D eigenvalue weighted by atomic mass is 32.2. The van der Waals surface area contributed by atoms with Gasteiger partial charge in [-0.3, -0.25) is 19.6 Å². The number of anilines is 4. The van der Waals surface area contributed by atoms with Crippen LogP contribution < -0.4 is 29.9 Å². The molecule has 6 aromatic heterocycles. The van der Waals surface area contributed by atoms with Crippen molar-refractivity contribution in [1.82, 2.24) is 39.3 Å². The molecule has 4 N–H and O–H groups in total. The number of sulfonamides is 2. The second-order valence-electron chi connectivity index (χ2n) is 31.5. The summed E-state index contributed by atoms with van der Waals surface area (Å²) in [5.74, 6) is 1.19. The molecule has 0 saturated carbocycles. The number of nitrogens with one attached hydrogen (secondary N) is 4. The van der Waals surface area contributed by atoms with Crippen molar-refractivity contribution in [2.24, 2.45) is 22.7 Å². The van der Waals surface area contributed by atoms with Gasteiger partial charge in [0.1, 0.15) is 23.3 Å². The minimum atomic E-state index is -4.27. The van der Waals surface area contributed by atoms with E-state index in [1.54, 1.807) is 36.4 Å². The quantitative estimate of drug-likeness (QED) is 0.116. The van der Waals surface area contributed by atoms with E-state index >= 15 is 0 Å². The summed E-state index contributed by atoms with van der Waals surface area (Å²) in [4.78, 5) is 60.2. The molecule has 2 amide bonds. The Morgan fingerprint density at radius 3 is 1.38 bits per heavy atom. The number of amides is 2.